The Morgan fingerprint density at radius 2 is 2.28 bits per heavy atom. The molecule has 0 amide bonds. The molecular weight excluding hydrogens is 232 g/mol. The molecule has 0 radical (unpaired) electrons. The monoisotopic (exact) mass is 250 g/mol. The van der Waals surface area contributed by atoms with Gasteiger partial charge < -0.3 is 13.9 Å². The molecule has 4 heteroatoms. The summed E-state index contributed by atoms with van der Waals surface area (Å²) < 4.78 is 16.1. The summed E-state index contributed by atoms with van der Waals surface area (Å²) in [4.78, 5) is 11.6. The molecule has 1 aromatic heterocycles. The van der Waals surface area contributed by atoms with Crippen LogP contribution in [0, 0.1) is 0 Å². The number of allylic oxidation sites excluding steroid dienone is 1. The summed E-state index contributed by atoms with van der Waals surface area (Å²) in [5.74, 6) is 1.09. The van der Waals surface area contributed by atoms with Crippen molar-refractivity contribution in [2.24, 2.45) is 0 Å². The summed E-state index contributed by atoms with van der Waals surface area (Å²) in [6.07, 6.45) is 4.50. The topological polar surface area (TPSA) is 48.7 Å². The number of furan rings is 1. The van der Waals surface area contributed by atoms with Crippen molar-refractivity contribution in [3.63, 3.8) is 0 Å². The Morgan fingerprint density at radius 1 is 1.50 bits per heavy atom. The highest BCUT2D eigenvalue weighted by Crippen LogP contribution is 2.35. The van der Waals surface area contributed by atoms with E-state index in [9.17, 15) is 4.79 Å². The second-order valence-electron chi connectivity index (χ2n) is 5.30. The first-order chi connectivity index (χ1) is 8.44. The lowest BCUT2D eigenvalue weighted by Crippen LogP contribution is -2.22. The van der Waals surface area contributed by atoms with Gasteiger partial charge in [0.15, 0.2) is 6.10 Å². The van der Waals surface area contributed by atoms with E-state index in [1.807, 2.05) is 32.9 Å². The number of carbonyl (C=O) groups is 1. The predicted octanol–water partition coefficient (Wildman–Crippen LogP) is 3.36. The van der Waals surface area contributed by atoms with Gasteiger partial charge in [0.05, 0.1) is 12.3 Å². The van der Waals surface area contributed by atoms with Gasteiger partial charge >= 0.3 is 5.97 Å². The van der Waals surface area contributed by atoms with Crippen LogP contribution >= 0.6 is 0 Å². The minimum absolute atomic E-state index is 0.0892. The minimum atomic E-state index is -0.479. The van der Waals surface area contributed by atoms with Crippen molar-refractivity contribution in [1.82, 2.24) is 0 Å². The van der Waals surface area contributed by atoms with E-state index in [0.29, 0.717) is 5.76 Å². The Bertz CT molecular complexity index is 437. The maximum atomic E-state index is 11.6. The number of hydrogen-bond donors (Lipinski definition) is 0. The molecule has 2 rings (SSSR count). The number of rotatable bonds is 2. The van der Waals surface area contributed by atoms with Crippen LogP contribution in [0.25, 0.3) is 0 Å². The maximum absolute atomic E-state index is 11.6. The Labute approximate surface area is 107 Å². The fraction of sp³-hybridized carbons (Fsp3) is 0.500. The Morgan fingerprint density at radius 3 is 2.89 bits per heavy atom. The first-order valence-electron chi connectivity index (χ1n) is 6.08. The highest BCUT2D eigenvalue weighted by Gasteiger charge is 2.26. The van der Waals surface area contributed by atoms with E-state index in [2.05, 4.69) is 0 Å². The molecule has 0 saturated carbocycles. The van der Waals surface area contributed by atoms with Crippen LogP contribution in [0.2, 0.25) is 0 Å². The Hall–Kier alpha value is -1.71. The second-order valence-corrected chi connectivity index (χ2v) is 5.30. The van der Waals surface area contributed by atoms with E-state index >= 15 is 0 Å². The second kappa shape index (κ2) is 4.88. The van der Waals surface area contributed by atoms with Gasteiger partial charge in [0, 0.05) is 6.42 Å². The quantitative estimate of drug-likeness (QED) is 0.596. The third-order valence-electron chi connectivity index (χ3n) is 2.49. The van der Waals surface area contributed by atoms with Gasteiger partial charge in [-0.2, -0.15) is 0 Å². The van der Waals surface area contributed by atoms with E-state index in [4.69, 9.17) is 13.9 Å². The van der Waals surface area contributed by atoms with Crippen LogP contribution in [0.4, 0.5) is 0 Å². The van der Waals surface area contributed by atoms with Crippen LogP contribution in [0.1, 0.15) is 45.5 Å². The molecule has 1 saturated heterocycles. The fourth-order valence-electron chi connectivity index (χ4n) is 1.82. The van der Waals surface area contributed by atoms with E-state index < -0.39 is 5.60 Å². The van der Waals surface area contributed by atoms with Crippen molar-refractivity contribution < 1.29 is 18.7 Å². The van der Waals surface area contributed by atoms with Crippen LogP contribution in [-0.4, -0.2) is 11.6 Å². The number of hydrogen-bond acceptors (Lipinski definition) is 4. The molecule has 0 aliphatic carbocycles. The molecule has 1 aromatic rings. The zero-order chi connectivity index (χ0) is 13.2. The molecule has 1 atom stereocenters. The lowest BCUT2D eigenvalue weighted by Gasteiger charge is -2.18. The molecule has 0 aromatic carbocycles. The van der Waals surface area contributed by atoms with Crippen LogP contribution in [0.5, 0.6) is 0 Å². The Balaban J connectivity index is 1.94. The average molecular weight is 250 g/mol. The number of ether oxygens (including phenoxy) is 2. The molecular formula is C14H18O4. The van der Waals surface area contributed by atoms with Gasteiger partial charge in [-0.1, -0.05) is 0 Å². The number of esters is 1. The summed E-state index contributed by atoms with van der Waals surface area (Å²) in [7, 11) is 0. The van der Waals surface area contributed by atoms with Crippen LogP contribution in [0.3, 0.4) is 0 Å². The Kier molecular flexibility index (Phi) is 3.45. The molecule has 18 heavy (non-hydrogen) atoms. The van der Waals surface area contributed by atoms with Crippen LogP contribution in [0.15, 0.2) is 34.6 Å². The van der Waals surface area contributed by atoms with Gasteiger partial charge in [-0.15, -0.1) is 0 Å². The first-order valence-corrected chi connectivity index (χ1v) is 6.08. The molecule has 1 aliphatic heterocycles. The van der Waals surface area contributed by atoms with Crippen LogP contribution < -0.4 is 0 Å². The molecule has 1 fully saturated rings. The van der Waals surface area contributed by atoms with Gasteiger partial charge in [0.25, 0.3) is 0 Å². The maximum Gasteiger partial charge on any atom is 0.334 e. The highest BCUT2D eigenvalue weighted by molar-refractivity contribution is 5.82. The molecule has 1 aliphatic rings. The van der Waals surface area contributed by atoms with Crippen LogP contribution in [-0.2, 0) is 14.3 Å². The normalized spacial score (nSPS) is 21.9. The van der Waals surface area contributed by atoms with Gasteiger partial charge in [-0.25, -0.2) is 4.79 Å². The first kappa shape index (κ1) is 12.7. The van der Waals surface area contributed by atoms with Gasteiger partial charge in [0.2, 0.25) is 0 Å². The van der Waals surface area contributed by atoms with Gasteiger partial charge in [0.1, 0.15) is 17.1 Å². The van der Waals surface area contributed by atoms with Crippen molar-refractivity contribution in [3.05, 3.63) is 36.0 Å². The molecule has 1 unspecified atom stereocenters. The molecule has 2 heterocycles. The largest absolute Gasteiger partial charge is 0.487 e. The third-order valence-corrected chi connectivity index (χ3v) is 2.49. The standard InChI is InChI=1S/C14H18O4/c1-14(2,3)18-13(15)9-10-6-7-12(17-10)11-5-4-8-16-11/h4-5,8-9,12H,6-7H2,1-3H3/b10-9-. The summed E-state index contributed by atoms with van der Waals surface area (Å²) in [5, 5.41) is 0. The van der Waals surface area contributed by atoms with Crippen molar-refractivity contribution in [1.29, 1.82) is 0 Å². The van der Waals surface area contributed by atoms with E-state index in [-0.39, 0.29) is 12.1 Å². The lowest BCUT2D eigenvalue weighted by molar-refractivity contribution is -0.148. The molecule has 0 spiro atoms. The number of carbonyl (C=O) groups excluding carboxylic acids is 1. The molecule has 98 valence electrons. The predicted molar refractivity (Wildman–Crippen MR) is 65.7 cm³/mol. The highest BCUT2D eigenvalue weighted by atomic mass is 16.6. The lowest BCUT2D eigenvalue weighted by atomic mass is 10.2. The molecule has 4 nitrogen and oxygen atoms in total. The third kappa shape index (κ3) is 3.39. The van der Waals surface area contributed by atoms with E-state index in [1.54, 1.807) is 6.26 Å². The zero-order valence-electron chi connectivity index (χ0n) is 10.9. The van der Waals surface area contributed by atoms with Crippen molar-refractivity contribution in [2.75, 3.05) is 0 Å². The summed E-state index contributed by atoms with van der Waals surface area (Å²) in [6.45, 7) is 5.51. The minimum Gasteiger partial charge on any atom is -0.487 e. The van der Waals surface area contributed by atoms with Crippen molar-refractivity contribution >= 4 is 5.97 Å². The van der Waals surface area contributed by atoms with E-state index in [1.165, 1.54) is 6.08 Å². The smallest absolute Gasteiger partial charge is 0.334 e. The fourth-order valence-corrected chi connectivity index (χ4v) is 1.82. The SMILES string of the molecule is CC(C)(C)OC(=O)/C=C1/CCC(c2ccco2)O1. The van der Waals surface area contributed by atoms with Crippen molar-refractivity contribution in [2.45, 2.75) is 45.3 Å². The summed E-state index contributed by atoms with van der Waals surface area (Å²) in [6, 6.07) is 3.70. The average Bonchev–Trinajstić information content (AvgIpc) is 2.82. The summed E-state index contributed by atoms with van der Waals surface area (Å²) >= 11 is 0. The van der Waals surface area contributed by atoms with Gasteiger partial charge in [-0.3, -0.25) is 0 Å². The molecule has 0 N–H and O–H groups in total. The van der Waals surface area contributed by atoms with Crippen molar-refractivity contribution in [3.8, 4) is 0 Å². The molecule has 0 bridgehead atoms. The van der Waals surface area contributed by atoms with E-state index in [0.717, 1.165) is 18.6 Å². The zero-order valence-corrected chi connectivity index (χ0v) is 10.9. The van der Waals surface area contributed by atoms with Gasteiger partial charge in [-0.05, 0) is 39.3 Å². The summed E-state index contributed by atoms with van der Waals surface area (Å²) in [5.41, 5.74) is -0.479.